The molecule has 1 aromatic heterocycles. The van der Waals surface area contributed by atoms with Crippen LogP contribution in [0, 0.1) is 5.92 Å². The fraction of sp³-hybridized carbons (Fsp3) is 0.381. The minimum Gasteiger partial charge on any atom is -0.356 e. The van der Waals surface area contributed by atoms with Crippen molar-refractivity contribution in [2.24, 2.45) is 5.92 Å². The number of likely N-dealkylation sites (tertiary alicyclic amines) is 1. The lowest BCUT2D eigenvalue weighted by Gasteiger charge is -2.30. The van der Waals surface area contributed by atoms with Crippen LogP contribution in [0.25, 0.3) is 11.8 Å². The molecule has 1 fully saturated rings. The van der Waals surface area contributed by atoms with Gasteiger partial charge in [0.2, 0.25) is 11.8 Å². The van der Waals surface area contributed by atoms with Gasteiger partial charge in [-0.15, -0.1) is 0 Å². The maximum absolute atomic E-state index is 12.4. The smallest absolute Gasteiger partial charge is 0.246 e. The molecule has 0 bridgehead atoms. The van der Waals surface area contributed by atoms with Crippen LogP contribution < -0.4 is 5.32 Å². The largest absolute Gasteiger partial charge is 0.356 e. The van der Waals surface area contributed by atoms with E-state index in [-0.39, 0.29) is 17.7 Å². The number of rotatable bonds is 6. The number of hydrogen-bond acceptors (Lipinski definition) is 3. The number of carbonyl (C=O) groups excluding carboxylic acids is 2. The Hall–Kier alpha value is -2.89. The SMILES string of the molecule is CCCNC(=O)C1CCN(C(=O)/C=C/c2cnn(-c3ccccc3)c2)CC1. The third-order valence-electron chi connectivity index (χ3n) is 4.77. The van der Waals surface area contributed by atoms with Crippen molar-refractivity contribution < 1.29 is 9.59 Å². The van der Waals surface area contributed by atoms with E-state index < -0.39 is 0 Å². The zero-order valence-corrected chi connectivity index (χ0v) is 15.7. The summed E-state index contributed by atoms with van der Waals surface area (Å²) in [6, 6.07) is 9.84. The van der Waals surface area contributed by atoms with Gasteiger partial charge >= 0.3 is 0 Å². The number of benzene rings is 1. The van der Waals surface area contributed by atoms with E-state index in [2.05, 4.69) is 10.4 Å². The van der Waals surface area contributed by atoms with Gasteiger partial charge in [-0.3, -0.25) is 9.59 Å². The predicted molar refractivity (Wildman–Crippen MR) is 105 cm³/mol. The first-order valence-electron chi connectivity index (χ1n) is 9.52. The quantitative estimate of drug-likeness (QED) is 0.799. The second-order valence-electron chi connectivity index (χ2n) is 6.78. The van der Waals surface area contributed by atoms with E-state index in [0.29, 0.717) is 13.1 Å². The van der Waals surface area contributed by atoms with Gasteiger partial charge in [0.15, 0.2) is 0 Å². The lowest BCUT2D eigenvalue weighted by Crippen LogP contribution is -2.42. The topological polar surface area (TPSA) is 67.2 Å². The third kappa shape index (κ3) is 5.06. The van der Waals surface area contributed by atoms with Gasteiger partial charge in [-0.05, 0) is 37.5 Å². The van der Waals surface area contributed by atoms with E-state index >= 15 is 0 Å². The van der Waals surface area contributed by atoms with Gasteiger partial charge in [0, 0.05) is 43.4 Å². The number of nitrogens with one attached hydrogen (secondary N) is 1. The summed E-state index contributed by atoms with van der Waals surface area (Å²) < 4.78 is 1.78. The first-order chi connectivity index (χ1) is 13.2. The zero-order valence-electron chi connectivity index (χ0n) is 15.7. The highest BCUT2D eigenvalue weighted by Crippen LogP contribution is 2.18. The average Bonchev–Trinajstić information content (AvgIpc) is 3.20. The second-order valence-corrected chi connectivity index (χ2v) is 6.78. The normalized spacial score (nSPS) is 15.2. The van der Waals surface area contributed by atoms with Gasteiger partial charge in [0.25, 0.3) is 0 Å². The minimum absolute atomic E-state index is 0.0186. The molecule has 27 heavy (non-hydrogen) atoms. The van der Waals surface area contributed by atoms with Gasteiger partial charge in [-0.1, -0.05) is 25.1 Å². The average molecular weight is 366 g/mol. The van der Waals surface area contributed by atoms with Crippen LogP contribution in [0.1, 0.15) is 31.7 Å². The first-order valence-corrected chi connectivity index (χ1v) is 9.52. The molecule has 2 aromatic rings. The third-order valence-corrected chi connectivity index (χ3v) is 4.77. The maximum Gasteiger partial charge on any atom is 0.246 e. The van der Waals surface area contributed by atoms with Crippen molar-refractivity contribution in [2.45, 2.75) is 26.2 Å². The van der Waals surface area contributed by atoms with Crippen molar-refractivity contribution in [1.29, 1.82) is 0 Å². The monoisotopic (exact) mass is 366 g/mol. The van der Waals surface area contributed by atoms with Gasteiger partial charge in [-0.2, -0.15) is 5.10 Å². The number of hydrogen-bond donors (Lipinski definition) is 1. The summed E-state index contributed by atoms with van der Waals surface area (Å²) in [4.78, 5) is 26.2. The standard InChI is InChI=1S/C21H26N4O2/c1-2-12-22-21(27)18-10-13-24(14-11-18)20(26)9-8-17-15-23-25(16-17)19-6-4-3-5-7-19/h3-9,15-16,18H,2,10-14H2,1H3,(H,22,27)/b9-8+. The first kappa shape index (κ1) is 18.9. The molecule has 6 heteroatoms. The van der Waals surface area contributed by atoms with Crippen LogP contribution in [0.4, 0.5) is 0 Å². The van der Waals surface area contributed by atoms with E-state index in [1.165, 1.54) is 0 Å². The summed E-state index contributed by atoms with van der Waals surface area (Å²) in [5.41, 5.74) is 1.85. The van der Waals surface area contributed by atoms with E-state index in [4.69, 9.17) is 0 Å². The molecule has 1 aliphatic heterocycles. The van der Waals surface area contributed by atoms with Crippen LogP contribution in [0.2, 0.25) is 0 Å². The molecule has 3 rings (SSSR count). The Morgan fingerprint density at radius 3 is 2.67 bits per heavy atom. The Morgan fingerprint density at radius 2 is 1.96 bits per heavy atom. The molecule has 0 radical (unpaired) electrons. The zero-order chi connectivity index (χ0) is 19.1. The molecule has 1 saturated heterocycles. The van der Waals surface area contributed by atoms with Crippen LogP contribution in [-0.2, 0) is 9.59 Å². The van der Waals surface area contributed by atoms with Gasteiger partial charge < -0.3 is 10.2 Å². The minimum atomic E-state index is -0.0186. The Labute approximate surface area is 159 Å². The fourth-order valence-corrected chi connectivity index (χ4v) is 3.17. The molecule has 0 spiro atoms. The summed E-state index contributed by atoms with van der Waals surface area (Å²) in [5, 5.41) is 7.27. The van der Waals surface area contributed by atoms with Crippen LogP contribution in [0.15, 0.2) is 48.8 Å². The number of amides is 2. The Balaban J connectivity index is 1.51. The van der Waals surface area contributed by atoms with E-state index in [1.807, 2.05) is 48.4 Å². The summed E-state index contributed by atoms with van der Waals surface area (Å²) in [5.74, 6) is 0.122. The summed E-state index contributed by atoms with van der Waals surface area (Å²) in [6.07, 6.45) is 9.39. The van der Waals surface area contributed by atoms with Gasteiger partial charge in [-0.25, -0.2) is 4.68 Å². The molecule has 0 aliphatic carbocycles. The van der Waals surface area contributed by atoms with Crippen molar-refractivity contribution in [3.05, 3.63) is 54.4 Å². The van der Waals surface area contributed by atoms with Gasteiger partial charge in [0.05, 0.1) is 11.9 Å². The summed E-state index contributed by atoms with van der Waals surface area (Å²) >= 11 is 0. The molecule has 2 amide bonds. The molecule has 1 aliphatic rings. The molecule has 0 unspecified atom stereocenters. The van der Waals surface area contributed by atoms with Gasteiger partial charge in [0.1, 0.15) is 0 Å². The van der Waals surface area contributed by atoms with Crippen LogP contribution in [0.3, 0.4) is 0 Å². The Kier molecular flexibility index (Phi) is 6.41. The van der Waals surface area contributed by atoms with E-state index in [9.17, 15) is 9.59 Å². The number of carbonyl (C=O) groups is 2. The van der Waals surface area contributed by atoms with Crippen molar-refractivity contribution in [3.63, 3.8) is 0 Å². The Morgan fingerprint density at radius 1 is 1.22 bits per heavy atom. The highest BCUT2D eigenvalue weighted by molar-refractivity contribution is 5.92. The highest BCUT2D eigenvalue weighted by Gasteiger charge is 2.26. The lowest BCUT2D eigenvalue weighted by molar-refractivity contribution is -0.132. The number of piperidine rings is 1. The molecule has 2 heterocycles. The van der Waals surface area contributed by atoms with Crippen LogP contribution in [-0.4, -0.2) is 46.1 Å². The second kappa shape index (κ2) is 9.16. The highest BCUT2D eigenvalue weighted by atomic mass is 16.2. The van der Waals surface area contributed by atoms with Crippen molar-refractivity contribution in [2.75, 3.05) is 19.6 Å². The summed E-state index contributed by atoms with van der Waals surface area (Å²) in [7, 11) is 0. The molecular weight excluding hydrogens is 340 g/mol. The molecule has 142 valence electrons. The maximum atomic E-state index is 12.4. The number of para-hydroxylation sites is 1. The fourth-order valence-electron chi connectivity index (χ4n) is 3.17. The predicted octanol–water partition coefficient (Wildman–Crippen LogP) is 2.65. The van der Waals surface area contributed by atoms with Crippen LogP contribution in [0.5, 0.6) is 0 Å². The molecule has 6 nitrogen and oxygen atoms in total. The molecular formula is C21H26N4O2. The van der Waals surface area contributed by atoms with Crippen LogP contribution >= 0.6 is 0 Å². The van der Waals surface area contributed by atoms with Crippen molar-refractivity contribution in [1.82, 2.24) is 20.0 Å². The molecule has 0 atom stereocenters. The number of aromatic nitrogens is 2. The number of nitrogens with zero attached hydrogens (tertiary/aromatic N) is 3. The van der Waals surface area contributed by atoms with Crippen molar-refractivity contribution in [3.8, 4) is 5.69 Å². The van der Waals surface area contributed by atoms with E-state index in [1.54, 1.807) is 23.0 Å². The Bertz CT molecular complexity index is 790. The van der Waals surface area contributed by atoms with Crippen molar-refractivity contribution >= 4 is 17.9 Å². The lowest BCUT2D eigenvalue weighted by atomic mass is 9.96. The summed E-state index contributed by atoms with van der Waals surface area (Å²) in [6.45, 7) is 4.00. The molecule has 1 aromatic carbocycles. The van der Waals surface area contributed by atoms with E-state index in [0.717, 1.165) is 37.1 Å². The molecule has 1 N–H and O–H groups in total. The molecule has 0 saturated carbocycles.